The van der Waals surface area contributed by atoms with Crippen molar-refractivity contribution in [3.63, 3.8) is 0 Å². The number of carboxylic acids is 1. The molecule has 0 bridgehead atoms. The van der Waals surface area contributed by atoms with Gasteiger partial charge < -0.3 is 10.8 Å². The van der Waals surface area contributed by atoms with Crippen LogP contribution in [-0.4, -0.2) is 25.5 Å². The highest BCUT2D eigenvalue weighted by atomic mass is 32.2. The van der Waals surface area contributed by atoms with Gasteiger partial charge in [0.1, 0.15) is 6.04 Å². The van der Waals surface area contributed by atoms with Gasteiger partial charge in [0.25, 0.3) is 0 Å². The van der Waals surface area contributed by atoms with Crippen LogP contribution in [0.3, 0.4) is 0 Å². The number of carbonyl (C=O) groups is 1. The van der Waals surface area contributed by atoms with E-state index >= 15 is 0 Å². The summed E-state index contributed by atoms with van der Waals surface area (Å²) in [5.41, 5.74) is 7.04. The number of hydrogen-bond acceptors (Lipinski definition) is 4. The Kier molecular flexibility index (Phi) is 5.49. The fraction of sp³-hybridized carbons (Fsp3) is 0.188. The maximum Gasteiger partial charge on any atom is 0.320 e. The van der Waals surface area contributed by atoms with Gasteiger partial charge in [0.2, 0.25) is 10.0 Å². The molecule has 23 heavy (non-hydrogen) atoms. The minimum atomic E-state index is -3.55. The second-order valence-electron chi connectivity index (χ2n) is 5.10. The lowest BCUT2D eigenvalue weighted by atomic mass is 10.0. The average Bonchev–Trinajstić information content (AvgIpc) is 2.55. The van der Waals surface area contributed by atoms with Crippen molar-refractivity contribution < 1.29 is 18.3 Å². The highest BCUT2D eigenvalue weighted by Gasteiger charge is 2.14. The van der Waals surface area contributed by atoms with E-state index in [1.807, 2.05) is 0 Å². The smallest absolute Gasteiger partial charge is 0.320 e. The Hall–Kier alpha value is -2.22. The zero-order chi connectivity index (χ0) is 16.9. The molecule has 0 aromatic heterocycles. The lowest BCUT2D eigenvalue weighted by Crippen LogP contribution is -2.32. The summed E-state index contributed by atoms with van der Waals surface area (Å²) in [7, 11) is -3.55. The number of benzene rings is 2. The second-order valence-corrected chi connectivity index (χ2v) is 6.87. The Morgan fingerprint density at radius 1 is 1.04 bits per heavy atom. The first-order valence-electron chi connectivity index (χ1n) is 6.99. The maximum atomic E-state index is 12.1. The van der Waals surface area contributed by atoms with E-state index in [-0.39, 0.29) is 17.9 Å². The van der Waals surface area contributed by atoms with E-state index in [0.717, 1.165) is 11.1 Å². The molecule has 1 atom stereocenters. The van der Waals surface area contributed by atoms with E-state index in [1.54, 1.807) is 42.5 Å². The highest BCUT2D eigenvalue weighted by Crippen LogP contribution is 2.10. The van der Waals surface area contributed by atoms with Crippen molar-refractivity contribution in [2.24, 2.45) is 5.73 Å². The molecule has 7 heteroatoms. The molecule has 0 amide bonds. The van der Waals surface area contributed by atoms with Crippen LogP contribution in [-0.2, 0) is 27.8 Å². The summed E-state index contributed by atoms with van der Waals surface area (Å²) in [5, 5.41) is 8.78. The summed E-state index contributed by atoms with van der Waals surface area (Å²) in [6, 6.07) is 14.2. The maximum absolute atomic E-state index is 12.1. The lowest BCUT2D eigenvalue weighted by Gasteiger charge is -2.09. The van der Waals surface area contributed by atoms with Gasteiger partial charge in [-0.15, -0.1) is 0 Å². The van der Waals surface area contributed by atoms with Crippen LogP contribution in [0.25, 0.3) is 0 Å². The van der Waals surface area contributed by atoms with Crippen molar-refractivity contribution in [3.05, 3.63) is 65.7 Å². The van der Waals surface area contributed by atoms with E-state index in [2.05, 4.69) is 4.72 Å². The first-order valence-corrected chi connectivity index (χ1v) is 8.48. The number of carboxylic acid groups (broad SMARTS) is 1. The minimum Gasteiger partial charge on any atom is -0.480 e. The van der Waals surface area contributed by atoms with E-state index in [9.17, 15) is 13.2 Å². The number of rotatable bonds is 7. The topological polar surface area (TPSA) is 109 Å². The van der Waals surface area contributed by atoms with E-state index in [0.29, 0.717) is 0 Å². The van der Waals surface area contributed by atoms with Crippen molar-refractivity contribution >= 4 is 16.0 Å². The van der Waals surface area contributed by atoms with Crippen LogP contribution in [0.4, 0.5) is 0 Å². The molecule has 0 aliphatic rings. The van der Waals surface area contributed by atoms with Crippen LogP contribution in [0.5, 0.6) is 0 Å². The Balaban J connectivity index is 1.98. The Labute approximate surface area is 135 Å². The molecular formula is C16H18N2O4S. The minimum absolute atomic E-state index is 0.155. The standard InChI is InChI=1S/C16H18N2O4S/c17-15(16(19)20)10-12-6-8-13(9-7-12)11-18-23(21,22)14-4-2-1-3-5-14/h1-9,15,18H,10-11,17H2,(H,19,20). The van der Waals surface area contributed by atoms with Crippen LogP contribution >= 0.6 is 0 Å². The zero-order valence-electron chi connectivity index (χ0n) is 12.3. The largest absolute Gasteiger partial charge is 0.480 e. The molecular weight excluding hydrogens is 316 g/mol. The molecule has 0 aliphatic carbocycles. The molecule has 2 aromatic rings. The van der Waals surface area contributed by atoms with Crippen molar-refractivity contribution in [2.75, 3.05) is 0 Å². The molecule has 0 radical (unpaired) electrons. The van der Waals surface area contributed by atoms with Crippen LogP contribution in [0.15, 0.2) is 59.5 Å². The van der Waals surface area contributed by atoms with Gasteiger partial charge in [0.15, 0.2) is 0 Å². The molecule has 0 heterocycles. The second kappa shape index (κ2) is 7.36. The SMILES string of the molecule is NC(Cc1ccc(CNS(=O)(=O)c2ccccc2)cc1)C(=O)O. The number of hydrogen-bond donors (Lipinski definition) is 3. The highest BCUT2D eigenvalue weighted by molar-refractivity contribution is 7.89. The van der Waals surface area contributed by atoms with Crippen LogP contribution in [0.2, 0.25) is 0 Å². The summed E-state index contributed by atoms with van der Waals surface area (Å²) in [6.07, 6.45) is 0.228. The predicted molar refractivity (Wildman–Crippen MR) is 86.2 cm³/mol. The van der Waals surface area contributed by atoms with Gasteiger partial charge in [0.05, 0.1) is 4.90 Å². The van der Waals surface area contributed by atoms with Crippen LogP contribution < -0.4 is 10.5 Å². The van der Waals surface area contributed by atoms with Gasteiger partial charge in [-0.25, -0.2) is 13.1 Å². The lowest BCUT2D eigenvalue weighted by molar-refractivity contribution is -0.138. The Morgan fingerprint density at radius 2 is 1.61 bits per heavy atom. The van der Waals surface area contributed by atoms with E-state index in [4.69, 9.17) is 10.8 Å². The van der Waals surface area contributed by atoms with Crippen LogP contribution in [0.1, 0.15) is 11.1 Å². The predicted octanol–water partition coefficient (Wildman–Crippen LogP) is 1.12. The first kappa shape index (κ1) is 17.1. The average molecular weight is 334 g/mol. The van der Waals surface area contributed by atoms with Gasteiger partial charge in [-0.05, 0) is 29.7 Å². The molecule has 6 nitrogen and oxygen atoms in total. The van der Waals surface area contributed by atoms with Gasteiger partial charge >= 0.3 is 5.97 Å². The van der Waals surface area contributed by atoms with Crippen molar-refractivity contribution in [2.45, 2.75) is 23.9 Å². The number of aliphatic carboxylic acids is 1. The van der Waals surface area contributed by atoms with Gasteiger partial charge in [-0.2, -0.15) is 0 Å². The summed E-state index contributed by atoms with van der Waals surface area (Å²) in [6.45, 7) is 0.155. The molecule has 0 saturated heterocycles. The Bertz CT molecular complexity index is 758. The zero-order valence-corrected chi connectivity index (χ0v) is 13.2. The third-order valence-corrected chi connectivity index (χ3v) is 4.73. The van der Waals surface area contributed by atoms with Gasteiger partial charge in [-0.1, -0.05) is 42.5 Å². The molecule has 1 unspecified atom stereocenters. The third-order valence-electron chi connectivity index (χ3n) is 3.32. The summed E-state index contributed by atoms with van der Waals surface area (Å²) >= 11 is 0. The summed E-state index contributed by atoms with van der Waals surface area (Å²) in [5.74, 6) is -1.05. The molecule has 0 aliphatic heterocycles. The van der Waals surface area contributed by atoms with Crippen molar-refractivity contribution in [1.82, 2.24) is 4.72 Å². The molecule has 122 valence electrons. The summed E-state index contributed by atoms with van der Waals surface area (Å²) in [4.78, 5) is 10.9. The van der Waals surface area contributed by atoms with Crippen molar-refractivity contribution in [1.29, 1.82) is 0 Å². The van der Waals surface area contributed by atoms with Gasteiger partial charge in [0, 0.05) is 6.54 Å². The monoisotopic (exact) mass is 334 g/mol. The third kappa shape index (κ3) is 4.88. The molecule has 0 fully saturated rings. The molecule has 2 aromatic carbocycles. The fourth-order valence-corrected chi connectivity index (χ4v) is 3.03. The van der Waals surface area contributed by atoms with E-state index < -0.39 is 22.0 Å². The molecule has 2 rings (SSSR count). The number of sulfonamides is 1. The number of nitrogens with two attached hydrogens (primary N) is 1. The first-order chi connectivity index (χ1) is 10.9. The normalized spacial score (nSPS) is 12.7. The van der Waals surface area contributed by atoms with Crippen LogP contribution in [0, 0.1) is 0 Å². The quantitative estimate of drug-likeness (QED) is 0.703. The molecule has 0 spiro atoms. The molecule has 0 saturated carbocycles. The Morgan fingerprint density at radius 3 is 2.17 bits per heavy atom. The number of nitrogens with one attached hydrogen (secondary N) is 1. The van der Waals surface area contributed by atoms with Gasteiger partial charge in [-0.3, -0.25) is 4.79 Å². The fourth-order valence-electron chi connectivity index (χ4n) is 2.00. The summed E-state index contributed by atoms with van der Waals surface area (Å²) < 4.78 is 26.7. The van der Waals surface area contributed by atoms with E-state index in [1.165, 1.54) is 12.1 Å². The molecule has 4 N–H and O–H groups in total. The van der Waals surface area contributed by atoms with Crippen molar-refractivity contribution in [3.8, 4) is 0 Å².